The fourth-order valence-corrected chi connectivity index (χ4v) is 3.41. The molecule has 3 rings (SSSR count). The Morgan fingerprint density at radius 3 is 2.29 bits per heavy atom. The van der Waals surface area contributed by atoms with E-state index in [2.05, 4.69) is 62.4 Å². The second kappa shape index (κ2) is 5.65. The van der Waals surface area contributed by atoms with Crippen molar-refractivity contribution in [3.05, 3.63) is 70.8 Å². The van der Waals surface area contributed by atoms with Crippen molar-refractivity contribution in [2.45, 2.75) is 51.0 Å². The highest BCUT2D eigenvalue weighted by Gasteiger charge is 2.30. The Balaban J connectivity index is 1.92. The molecular formula is C20H25N. The minimum absolute atomic E-state index is 0.0205. The molecule has 1 aliphatic carbocycles. The summed E-state index contributed by atoms with van der Waals surface area (Å²) in [6.45, 7) is 4.49. The van der Waals surface area contributed by atoms with Crippen LogP contribution in [-0.4, -0.2) is 0 Å². The van der Waals surface area contributed by atoms with Crippen molar-refractivity contribution in [1.29, 1.82) is 0 Å². The molecule has 2 aromatic rings. The summed E-state index contributed by atoms with van der Waals surface area (Å²) in [5, 5.41) is 0. The zero-order valence-electron chi connectivity index (χ0n) is 13.1. The Labute approximate surface area is 128 Å². The molecule has 0 aromatic heterocycles. The van der Waals surface area contributed by atoms with E-state index in [-0.39, 0.29) is 11.5 Å². The zero-order valence-corrected chi connectivity index (χ0v) is 13.1. The molecule has 1 unspecified atom stereocenters. The largest absolute Gasteiger partial charge is 0.323 e. The first kappa shape index (κ1) is 14.3. The van der Waals surface area contributed by atoms with Crippen LogP contribution in [0.4, 0.5) is 0 Å². The van der Waals surface area contributed by atoms with Crippen LogP contribution in [0.15, 0.2) is 48.5 Å². The molecule has 21 heavy (non-hydrogen) atoms. The van der Waals surface area contributed by atoms with Gasteiger partial charge >= 0.3 is 0 Å². The molecule has 0 bridgehead atoms. The van der Waals surface area contributed by atoms with Gasteiger partial charge < -0.3 is 5.73 Å². The van der Waals surface area contributed by atoms with E-state index in [1.807, 2.05) is 0 Å². The van der Waals surface area contributed by atoms with Crippen molar-refractivity contribution in [1.82, 2.24) is 0 Å². The second-order valence-corrected chi connectivity index (χ2v) is 6.80. The molecule has 1 aliphatic rings. The van der Waals surface area contributed by atoms with Crippen molar-refractivity contribution < 1.29 is 0 Å². The van der Waals surface area contributed by atoms with E-state index in [1.54, 1.807) is 0 Å². The quantitative estimate of drug-likeness (QED) is 0.877. The summed E-state index contributed by atoms with van der Waals surface area (Å²) in [6, 6.07) is 17.5. The lowest BCUT2D eigenvalue weighted by Gasteiger charge is -2.33. The SMILES string of the molecule is CC(C)(c1ccccc1)C(N)c1ccc2c(c1)CCCC2. The number of fused-ring (bicyclic) bond motifs is 1. The molecule has 0 fully saturated rings. The average Bonchev–Trinajstić information content (AvgIpc) is 2.54. The van der Waals surface area contributed by atoms with Gasteiger partial charge in [-0.2, -0.15) is 0 Å². The Hall–Kier alpha value is -1.60. The van der Waals surface area contributed by atoms with Gasteiger partial charge in [-0.3, -0.25) is 0 Å². The van der Waals surface area contributed by atoms with Crippen molar-refractivity contribution in [2.75, 3.05) is 0 Å². The van der Waals surface area contributed by atoms with E-state index < -0.39 is 0 Å². The number of benzene rings is 2. The van der Waals surface area contributed by atoms with Gasteiger partial charge in [-0.15, -0.1) is 0 Å². The fraction of sp³-hybridized carbons (Fsp3) is 0.400. The summed E-state index contributed by atoms with van der Waals surface area (Å²) in [5.74, 6) is 0. The molecule has 110 valence electrons. The molecule has 0 amide bonds. The third kappa shape index (κ3) is 2.75. The smallest absolute Gasteiger partial charge is 0.0387 e. The maximum absolute atomic E-state index is 6.64. The Morgan fingerprint density at radius 1 is 0.905 bits per heavy atom. The van der Waals surface area contributed by atoms with E-state index in [9.17, 15) is 0 Å². The van der Waals surface area contributed by atoms with Crippen LogP contribution in [0, 0.1) is 0 Å². The molecule has 0 radical (unpaired) electrons. The van der Waals surface area contributed by atoms with Crippen LogP contribution >= 0.6 is 0 Å². The average molecular weight is 279 g/mol. The van der Waals surface area contributed by atoms with Crippen LogP contribution in [0.25, 0.3) is 0 Å². The molecular weight excluding hydrogens is 254 g/mol. The highest BCUT2D eigenvalue weighted by atomic mass is 14.7. The first-order chi connectivity index (χ1) is 10.1. The van der Waals surface area contributed by atoms with Crippen LogP contribution in [0.3, 0.4) is 0 Å². The van der Waals surface area contributed by atoms with E-state index in [4.69, 9.17) is 5.73 Å². The fourth-order valence-electron chi connectivity index (χ4n) is 3.41. The predicted molar refractivity (Wildman–Crippen MR) is 89.5 cm³/mol. The molecule has 2 N–H and O–H groups in total. The minimum Gasteiger partial charge on any atom is -0.323 e. The molecule has 1 atom stereocenters. The van der Waals surface area contributed by atoms with E-state index in [0.717, 1.165) is 0 Å². The number of rotatable bonds is 3. The first-order valence-corrected chi connectivity index (χ1v) is 8.02. The van der Waals surface area contributed by atoms with Gasteiger partial charge in [0.1, 0.15) is 0 Å². The van der Waals surface area contributed by atoms with Gasteiger partial charge in [-0.25, -0.2) is 0 Å². The third-order valence-electron chi connectivity index (χ3n) is 5.03. The molecule has 0 saturated carbocycles. The van der Waals surface area contributed by atoms with Gasteiger partial charge in [-0.1, -0.05) is 62.4 Å². The van der Waals surface area contributed by atoms with E-state index in [1.165, 1.54) is 47.9 Å². The molecule has 1 heteroatoms. The topological polar surface area (TPSA) is 26.0 Å². The van der Waals surface area contributed by atoms with Crippen LogP contribution in [0.1, 0.15) is 55.0 Å². The maximum Gasteiger partial charge on any atom is 0.0387 e. The minimum atomic E-state index is -0.0653. The lowest BCUT2D eigenvalue weighted by molar-refractivity contribution is 0.420. The van der Waals surface area contributed by atoms with E-state index in [0.29, 0.717) is 0 Å². The van der Waals surface area contributed by atoms with Crippen molar-refractivity contribution in [2.24, 2.45) is 5.73 Å². The Bertz CT molecular complexity index is 613. The number of aryl methyl sites for hydroxylation is 2. The van der Waals surface area contributed by atoms with Crippen LogP contribution < -0.4 is 5.73 Å². The van der Waals surface area contributed by atoms with Gasteiger partial charge in [0, 0.05) is 11.5 Å². The van der Waals surface area contributed by atoms with Crippen molar-refractivity contribution in [3.63, 3.8) is 0 Å². The Morgan fingerprint density at radius 2 is 1.57 bits per heavy atom. The van der Waals surface area contributed by atoms with Gasteiger partial charge in [-0.05, 0) is 47.9 Å². The summed E-state index contributed by atoms with van der Waals surface area (Å²) >= 11 is 0. The maximum atomic E-state index is 6.64. The predicted octanol–water partition coefficient (Wildman–Crippen LogP) is 4.54. The van der Waals surface area contributed by atoms with Crippen LogP contribution in [0.2, 0.25) is 0 Å². The lowest BCUT2D eigenvalue weighted by Crippen LogP contribution is -2.33. The highest BCUT2D eigenvalue weighted by molar-refractivity contribution is 5.38. The van der Waals surface area contributed by atoms with E-state index >= 15 is 0 Å². The molecule has 0 spiro atoms. The number of hydrogen-bond acceptors (Lipinski definition) is 1. The standard InChI is InChI=1S/C20H25N/c1-20(2,18-10-4-3-5-11-18)19(21)17-13-12-15-8-6-7-9-16(15)14-17/h3-5,10-14,19H,6-9,21H2,1-2H3. The van der Waals surface area contributed by atoms with Gasteiger partial charge in [0.2, 0.25) is 0 Å². The zero-order chi connectivity index (χ0) is 14.9. The normalized spacial score (nSPS) is 16.3. The summed E-state index contributed by atoms with van der Waals surface area (Å²) < 4.78 is 0. The summed E-state index contributed by atoms with van der Waals surface area (Å²) in [4.78, 5) is 0. The van der Waals surface area contributed by atoms with Crippen molar-refractivity contribution >= 4 is 0 Å². The van der Waals surface area contributed by atoms with Gasteiger partial charge in [0.15, 0.2) is 0 Å². The molecule has 2 aromatic carbocycles. The second-order valence-electron chi connectivity index (χ2n) is 6.80. The first-order valence-electron chi connectivity index (χ1n) is 8.02. The Kier molecular flexibility index (Phi) is 3.86. The summed E-state index contributed by atoms with van der Waals surface area (Å²) in [6.07, 6.45) is 5.08. The highest BCUT2D eigenvalue weighted by Crippen LogP contribution is 2.36. The molecule has 0 saturated heterocycles. The monoisotopic (exact) mass is 279 g/mol. The summed E-state index contributed by atoms with van der Waals surface area (Å²) in [5.41, 5.74) is 12.2. The number of hydrogen-bond donors (Lipinski definition) is 1. The van der Waals surface area contributed by atoms with Crippen molar-refractivity contribution in [3.8, 4) is 0 Å². The van der Waals surface area contributed by atoms with Gasteiger partial charge in [0.05, 0.1) is 0 Å². The third-order valence-corrected chi connectivity index (χ3v) is 5.03. The molecule has 0 aliphatic heterocycles. The number of nitrogens with two attached hydrogens (primary N) is 1. The molecule has 1 nitrogen and oxygen atoms in total. The molecule has 0 heterocycles. The van der Waals surface area contributed by atoms with Crippen LogP contribution in [0.5, 0.6) is 0 Å². The van der Waals surface area contributed by atoms with Gasteiger partial charge in [0.25, 0.3) is 0 Å². The van der Waals surface area contributed by atoms with Crippen LogP contribution in [-0.2, 0) is 18.3 Å². The lowest BCUT2D eigenvalue weighted by atomic mass is 9.74. The summed E-state index contributed by atoms with van der Waals surface area (Å²) in [7, 11) is 0.